The normalized spacial score (nSPS) is 16.1. The van der Waals surface area contributed by atoms with Gasteiger partial charge in [0.15, 0.2) is 0 Å². The third kappa shape index (κ3) is 3.84. The van der Waals surface area contributed by atoms with E-state index in [0.29, 0.717) is 36.7 Å². The van der Waals surface area contributed by atoms with Crippen LogP contribution in [0.2, 0.25) is 0 Å². The highest BCUT2D eigenvalue weighted by Gasteiger charge is 2.27. The number of pyridine rings is 1. The van der Waals surface area contributed by atoms with Crippen LogP contribution in [0.1, 0.15) is 24.3 Å². The number of para-hydroxylation sites is 1. The first kappa shape index (κ1) is 16.9. The average Bonchev–Trinajstić information content (AvgIpc) is 3.33. The molecule has 4 rings (SSSR count). The van der Waals surface area contributed by atoms with E-state index >= 15 is 0 Å². The van der Waals surface area contributed by atoms with Crippen molar-refractivity contribution in [3.8, 4) is 11.4 Å². The predicted octanol–water partition coefficient (Wildman–Crippen LogP) is 1.94. The molecule has 0 spiro atoms. The van der Waals surface area contributed by atoms with Crippen molar-refractivity contribution in [2.75, 3.05) is 5.32 Å². The summed E-state index contributed by atoms with van der Waals surface area (Å²) in [6, 6.07) is 10.6. The van der Waals surface area contributed by atoms with Gasteiger partial charge in [-0.05, 0) is 30.2 Å². The molecule has 136 valence electrons. The highest BCUT2D eigenvalue weighted by molar-refractivity contribution is 5.99. The quantitative estimate of drug-likeness (QED) is 0.717. The van der Waals surface area contributed by atoms with Crippen LogP contribution in [0, 0.1) is 0 Å². The molecular weight excluding hydrogens is 346 g/mol. The SMILES string of the molecule is O=C1CCC(C(=O)Nc2ccccc2Cc2nc(-c3cccnc3)no2)N1. The Morgan fingerprint density at radius 1 is 1.26 bits per heavy atom. The van der Waals surface area contributed by atoms with E-state index in [4.69, 9.17) is 4.52 Å². The van der Waals surface area contributed by atoms with Crippen LogP contribution < -0.4 is 10.6 Å². The molecule has 2 aromatic heterocycles. The fraction of sp³-hybridized carbons (Fsp3) is 0.211. The Kier molecular flexibility index (Phi) is 4.61. The lowest BCUT2D eigenvalue weighted by molar-refractivity contribution is -0.122. The van der Waals surface area contributed by atoms with Gasteiger partial charge in [0.2, 0.25) is 23.5 Å². The van der Waals surface area contributed by atoms with Gasteiger partial charge in [-0.25, -0.2) is 0 Å². The van der Waals surface area contributed by atoms with Crippen molar-refractivity contribution in [1.29, 1.82) is 0 Å². The molecule has 1 aliphatic rings. The van der Waals surface area contributed by atoms with Crippen molar-refractivity contribution < 1.29 is 14.1 Å². The molecule has 3 aromatic rings. The molecule has 1 aliphatic heterocycles. The number of amides is 2. The van der Waals surface area contributed by atoms with Crippen LogP contribution in [-0.2, 0) is 16.0 Å². The molecule has 0 radical (unpaired) electrons. The van der Waals surface area contributed by atoms with Gasteiger partial charge in [-0.15, -0.1) is 0 Å². The average molecular weight is 363 g/mol. The molecule has 0 aliphatic carbocycles. The van der Waals surface area contributed by atoms with Crippen molar-refractivity contribution >= 4 is 17.5 Å². The molecule has 1 aromatic carbocycles. The van der Waals surface area contributed by atoms with E-state index in [1.54, 1.807) is 18.5 Å². The molecule has 2 amide bonds. The largest absolute Gasteiger partial charge is 0.344 e. The maximum absolute atomic E-state index is 12.4. The van der Waals surface area contributed by atoms with E-state index in [1.165, 1.54) is 0 Å². The molecule has 0 saturated carbocycles. The van der Waals surface area contributed by atoms with Gasteiger partial charge in [-0.2, -0.15) is 4.98 Å². The van der Waals surface area contributed by atoms with Crippen LogP contribution in [0.4, 0.5) is 5.69 Å². The summed E-state index contributed by atoms with van der Waals surface area (Å²) in [5.74, 6) is 0.574. The van der Waals surface area contributed by atoms with E-state index in [0.717, 1.165) is 11.1 Å². The molecule has 0 bridgehead atoms. The highest BCUT2D eigenvalue weighted by Crippen LogP contribution is 2.21. The number of hydrogen-bond donors (Lipinski definition) is 2. The Morgan fingerprint density at radius 3 is 2.93 bits per heavy atom. The third-order valence-corrected chi connectivity index (χ3v) is 4.32. The zero-order chi connectivity index (χ0) is 18.6. The van der Waals surface area contributed by atoms with Crippen molar-refractivity contribution in [3.63, 3.8) is 0 Å². The minimum absolute atomic E-state index is 0.0998. The van der Waals surface area contributed by atoms with Crippen molar-refractivity contribution in [2.45, 2.75) is 25.3 Å². The smallest absolute Gasteiger partial charge is 0.246 e. The maximum Gasteiger partial charge on any atom is 0.246 e. The van der Waals surface area contributed by atoms with E-state index in [-0.39, 0.29) is 11.8 Å². The van der Waals surface area contributed by atoms with Crippen LogP contribution in [0.25, 0.3) is 11.4 Å². The second-order valence-electron chi connectivity index (χ2n) is 6.24. The summed E-state index contributed by atoms with van der Waals surface area (Å²) in [5, 5.41) is 9.53. The van der Waals surface area contributed by atoms with Gasteiger partial charge in [0.05, 0.1) is 6.42 Å². The van der Waals surface area contributed by atoms with Crippen LogP contribution in [0.5, 0.6) is 0 Å². The molecule has 1 atom stereocenters. The van der Waals surface area contributed by atoms with Gasteiger partial charge in [0.1, 0.15) is 6.04 Å². The number of aromatic nitrogens is 3. The van der Waals surface area contributed by atoms with Gasteiger partial charge < -0.3 is 15.2 Å². The minimum Gasteiger partial charge on any atom is -0.344 e. The number of anilines is 1. The zero-order valence-electron chi connectivity index (χ0n) is 14.4. The van der Waals surface area contributed by atoms with Gasteiger partial charge in [-0.3, -0.25) is 14.6 Å². The Morgan fingerprint density at radius 2 is 2.15 bits per heavy atom. The standard InChI is InChI=1S/C19H17N5O3/c25-16-8-7-15(21-16)19(26)22-14-6-2-1-4-12(14)10-17-23-18(24-27-17)13-5-3-9-20-11-13/h1-6,9,11,15H,7-8,10H2,(H,21,25)(H,22,26). The third-order valence-electron chi connectivity index (χ3n) is 4.32. The maximum atomic E-state index is 12.4. The summed E-state index contributed by atoms with van der Waals surface area (Å²) < 4.78 is 5.34. The summed E-state index contributed by atoms with van der Waals surface area (Å²) in [6.07, 6.45) is 4.60. The van der Waals surface area contributed by atoms with Crippen molar-refractivity contribution in [3.05, 3.63) is 60.2 Å². The first-order valence-corrected chi connectivity index (χ1v) is 8.60. The minimum atomic E-state index is -0.494. The topological polar surface area (TPSA) is 110 Å². The number of hydrogen-bond acceptors (Lipinski definition) is 6. The Balaban J connectivity index is 1.49. The molecule has 3 heterocycles. The fourth-order valence-electron chi connectivity index (χ4n) is 2.93. The summed E-state index contributed by atoms with van der Waals surface area (Å²) >= 11 is 0. The lowest BCUT2D eigenvalue weighted by Crippen LogP contribution is -2.37. The van der Waals surface area contributed by atoms with E-state index in [1.807, 2.05) is 30.3 Å². The number of benzene rings is 1. The molecule has 8 nitrogen and oxygen atoms in total. The highest BCUT2D eigenvalue weighted by atomic mass is 16.5. The molecule has 1 unspecified atom stereocenters. The molecular formula is C19H17N5O3. The first-order valence-electron chi connectivity index (χ1n) is 8.60. The Hall–Kier alpha value is -3.55. The first-order chi connectivity index (χ1) is 13.2. The molecule has 27 heavy (non-hydrogen) atoms. The number of carbonyl (C=O) groups is 2. The lowest BCUT2D eigenvalue weighted by Gasteiger charge is -2.13. The van der Waals surface area contributed by atoms with Crippen LogP contribution in [0.15, 0.2) is 53.3 Å². The van der Waals surface area contributed by atoms with E-state index < -0.39 is 6.04 Å². The second kappa shape index (κ2) is 7.36. The van der Waals surface area contributed by atoms with Gasteiger partial charge in [0.25, 0.3) is 0 Å². The number of nitrogens with one attached hydrogen (secondary N) is 2. The zero-order valence-corrected chi connectivity index (χ0v) is 14.4. The Bertz CT molecular complexity index is 970. The molecule has 1 saturated heterocycles. The predicted molar refractivity (Wildman–Crippen MR) is 96.6 cm³/mol. The second-order valence-corrected chi connectivity index (χ2v) is 6.24. The van der Waals surface area contributed by atoms with E-state index in [9.17, 15) is 9.59 Å². The summed E-state index contributed by atoms with van der Waals surface area (Å²) in [7, 11) is 0. The summed E-state index contributed by atoms with van der Waals surface area (Å²) in [4.78, 5) is 32.1. The number of rotatable bonds is 5. The van der Waals surface area contributed by atoms with Crippen LogP contribution in [-0.4, -0.2) is 33.0 Å². The molecule has 2 N–H and O–H groups in total. The summed E-state index contributed by atoms with van der Waals surface area (Å²) in [6.45, 7) is 0. The number of nitrogens with zero attached hydrogens (tertiary/aromatic N) is 3. The Labute approximate surface area is 155 Å². The van der Waals surface area contributed by atoms with Crippen LogP contribution in [0.3, 0.4) is 0 Å². The van der Waals surface area contributed by atoms with Gasteiger partial charge in [-0.1, -0.05) is 23.4 Å². The monoisotopic (exact) mass is 363 g/mol. The fourth-order valence-corrected chi connectivity index (χ4v) is 2.93. The molecule has 8 heteroatoms. The van der Waals surface area contributed by atoms with E-state index in [2.05, 4.69) is 25.8 Å². The van der Waals surface area contributed by atoms with Crippen LogP contribution >= 0.6 is 0 Å². The van der Waals surface area contributed by atoms with Gasteiger partial charge in [0, 0.05) is 30.1 Å². The summed E-state index contributed by atoms with van der Waals surface area (Å²) in [5.41, 5.74) is 2.27. The van der Waals surface area contributed by atoms with Crippen molar-refractivity contribution in [2.24, 2.45) is 0 Å². The van der Waals surface area contributed by atoms with Gasteiger partial charge >= 0.3 is 0 Å². The number of carbonyl (C=O) groups excluding carboxylic acids is 2. The molecule has 1 fully saturated rings. The van der Waals surface area contributed by atoms with Crippen molar-refractivity contribution in [1.82, 2.24) is 20.4 Å². The lowest BCUT2D eigenvalue weighted by atomic mass is 10.1.